The zero-order valence-corrected chi connectivity index (χ0v) is 20.4. The molecule has 0 radical (unpaired) electrons. The maximum Gasteiger partial charge on any atom is 0.253 e. The lowest BCUT2D eigenvalue weighted by Crippen LogP contribution is -2.45. The van der Waals surface area contributed by atoms with Crippen molar-refractivity contribution in [1.82, 2.24) is 14.7 Å². The quantitative estimate of drug-likeness (QED) is 0.564. The van der Waals surface area contributed by atoms with Gasteiger partial charge in [-0.25, -0.2) is 0 Å². The molecule has 0 atom stereocenters. The van der Waals surface area contributed by atoms with Crippen LogP contribution in [0.25, 0.3) is 6.08 Å². The number of piperidine rings is 1. The second-order valence-electron chi connectivity index (χ2n) is 10.0. The van der Waals surface area contributed by atoms with Crippen LogP contribution in [0, 0.1) is 5.92 Å². The second-order valence-corrected chi connectivity index (χ2v) is 10.0. The molecule has 4 nitrogen and oxygen atoms in total. The van der Waals surface area contributed by atoms with Crippen molar-refractivity contribution < 1.29 is 4.79 Å². The van der Waals surface area contributed by atoms with Crippen molar-refractivity contribution in [2.75, 3.05) is 46.8 Å². The smallest absolute Gasteiger partial charge is 0.253 e. The van der Waals surface area contributed by atoms with Gasteiger partial charge in [0.25, 0.3) is 5.91 Å². The molecule has 1 amide bonds. The molecule has 0 spiro atoms. The molecule has 1 fully saturated rings. The number of hydrogen-bond donors (Lipinski definition) is 0. The molecule has 33 heavy (non-hydrogen) atoms. The van der Waals surface area contributed by atoms with E-state index in [1.54, 1.807) is 0 Å². The number of amides is 1. The van der Waals surface area contributed by atoms with E-state index < -0.39 is 0 Å². The summed E-state index contributed by atoms with van der Waals surface area (Å²) in [5.41, 5.74) is 4.90. The molecule has 1 heterocycles. The summed E-state index contributed by atoms with van der Waals surface area (Å²) >= 11 is 0. The highest BCUT2D eigenvalue weighted by atomic mass is 16.2. The van der Waals surface area contributed by atoms with Crippen molar-refractivity contribution in [3.8, 4) is 0 Å². The van der Waals surface area contributed by atoms with Gasteiger partial charge in [0, 0.05) is 24.7 Å². The summed E-state index contributed by atoms with van der Waals surface area (Å²) < 4.78 is 0. The molecule has 1 aliphatic heterocycles. The predicted octanol–water partition coefficient (Wildman–Crippen LogP) is 4.60. The Labute approximate surface area is 199 Å². The molecule has 2 aromatic rings. The number of nitrogens with zero attached hydrogens (tertiary/aromatic N) is 3. The second kappa shape index (κ2) is 11.1. The fourth-order valence-electron chi connectivity index (χ4n) is 5.40. The van der Waals surface area contributed by atoms with Gasteiger partial charge in [0.2, 0.25) is 0 Å². The average Bonchev–Trinajstić information content (AvgIpc) is 3.27. The molecular weight excluding hydrogens is 406 g/mol. The third-order valence-corrected chi connectivity index (χ3v) is 7.39. The van der Waals surface area contributed by atoms with Gasteiger partial charge in [-0.2, -0.15) is 0 Å². The molecule has 0 aromatic heterocycles. The van der Waals surface area contributed by atoms with Crippen LogP contribution in [0.4, 0.5) is 0 Å². The minimum Gasteiger partial charge on any atom is -0.338 e. The van der Waals surface area contributed by atoms with Gasteiger partial charge in [0.05, 0.1) is 0 Å². The fourth-order valence-corrected chi connectivity index (χ4v) is 5.40. The van der Waals surface area contributed by atoms with Crippen LogP contribution < -0.4 is 0 Å². The molecule has 176 valence electrons. The number of fused-ring (bicyclic) bond motifs is 1. The van der Waals surface area contributed by atoms with Gasteiger partial charge in [0.15, 0.2) is 0 Å². The van der Waals surface area contributed by atoms with Gasteiger partial charge < -0.3 is 9.80 Å². The summed E-state index contributed by atoms with van der Waals surface area (Å²) in [5, 5.41) is 0. The minimum absolute atomic E-state index is 0.165. The Balaban J connectivity index is 1.34. The average molecular weight is 446 g/mol. The number of carbonyl (C=O) groups excluding carboxylic acids is 1. The molecule has 0 unspecified atom stereocenters. The van der Waals surface area contributed by atoms with Gasteiger partial charge in [-0.15, -0.1) is 0 Å². The van der Waals surface area contributed by atoms with E-state index >= 15 is 0 Å². The summed E-state index contributed by atoms with van der Waals surface area (Å²) in [6, 6.07) is 17.4. The number of hydrogen-bond acceptors (Lipinski definition) is 3. The van der Waals surface area contributed by atoms with E-state index in [1.807, 2.05) is 30.3 Å². The monoisotopic (exact) mass is 445 g/mol. The van der Waals surface area contributed by atoms with E-state index in [0.29, 0.717) is 12.0 Å². The van der Waals surface area contributed by atoms with Crippen LogP contribution in [0.1, 0.15) is 46.3 Å². The van der Waals surface area contributed by atoms with Crippen molar-refractivity contribution >= 4 is 12.0 Å². The molecule has 0 bridgehead atoms. The highest BCUT2D eigenvalue weighted by molar-refractivity contribution is 5.94. The van der Waals surface area contributed by atoms with E-state index in [4.69, 9.17) is 0 Å². The van der Waals surface area contributed by atoms with E-state index in [9.17, 15) is 4.79 Å². The largest absolute Gasteiger partial charge is 0.338 e. The first-order valence-corrected chi connectivity index (χ1v) is 12.5. The minimum atomic E-state index is 0.165. The van der Waals surface area contributed by atoms with Crippen molar-refractivity contribution in [1.29, 1.82) is 0 Å². The molecule has 4 heteroatoms. The number of likely N-dealkylation sites (tertiary alicyclic amines) is 1. The van der Waals surface area contributed by atoms with Crippen LogP contribution in [0.5, 0.6) is 0 Å². The summed E-state index contributed by atoms with van der Waals surface area (Å²) in [5.74, 6) is 0.749. The highest BCUT2D eigenvalue weighted by Crippen LogP contribution is 2.29. The Morgan fingerprint density at radius 3 is 2.21 bits per heavy atom. The van der Waals surface area contributed by atoms with Crippen LogP contribution in [0.15, 0.2) is 55.1 Å². The first-order valence-electron chi connectivity index (χ1n) is 12.5. The Hall–Kier alpha value is -2.43. The summed E-state index contributed by atoms with van der Waals surface area (Å²) in [7, 11) is 4.19. The van der Waals surface area contributed by atoms with Crippen LogP contribution in [0.2, 0.25) is 0 Å². The molecule has 0 saturated carbocycles. The Bertz CT molecular complexity index is 903. The summed E-state index contributed by atoms with van der Waals surface area (Å²) in [4.78, 5) is 20.4. The topological polar surface area (TPSA) is 26.8 Å². The summed E-state index contributed by atoms with van der Waals surface area (Å²) in [6.07, 6.45) is 7.56. The first-order chi connectivity index (χ1) is 16.0. The number of benzene rings is 2. The van der Waals surface area contributed by atoms with Gasteiger partial charge in [-0.1, -0.05) is 49.1 Å². The van der Waals surface area contributed by atoms with Crippen molar-refractivity contribution in [3.63, 3.8) is 0 Å². The lowest BCUT2D eigenvalue weighted by Gasteiger charge is -2.38. The maximum atomic E-state index is 13.4. The van der Waals surface area contributed by atoms with E-state index in [2.05, 4.69) is 59.6 Å². The normalized spacial score (nSPS) is 17.3. The molecule has 1 saturated heterocycles. The van der Waals surface area contributed by atoms with Crippen molar-refractivity contribution in [3.05, 3.63) is 77.4 Å². The standard InChI is InChI=1S/C29H39N3O/c1-4-23-10-12-25(13-11-23)29(33)32(17-7-16-30(2)3)22-24-14-18-31(19-15-24)28-20-26-8-5-6-9-27(26)21-28/h4-6,8-13,24,28H,1,7,14-22H2,2-3H3. The Morgan fingerprint density at radius 1 is 1.00 bits per heavy atom. The summed E-state index contributed by atoms with van der Waals surface area (Å²) in [6.45, 7) is 8.80. The van der Waals surface area contributed by atoms with Gasteiger partial charge in [-0.3, -0.25) is 9.69 Å². The van der Waals surface area contributed by atoms with Gasteiger partial charge in [0.1, 0.15) is 0 Å². The Kier molecular flexibility index (Phi) is 8.00. The van der Waals surface area contributed by atoms with Crippen molar-refractivity contribution in [2.24, 2.45) is 5.92 Å². The van der Waals surface area contributed by atoms with Gasteiger partial charge in [-0.05, 0) is 101 Å². The molecule has 4 rings (SSSR count). The van der Waals surface area contributed by atoms with Crippen LogP contribution in [0.3, 0.4) is 0 Å². The zero-order valence-electron chi connectivity index (χ0n) is 20.4. The molecule has 2 aromatic carbocycles. The lowest BCUT2D eigenvalue weighted by molar-refractivity contribution is 0.0661. The van der Waals surface area contributed by atoms with Crippen LogP contribution in [-0.4, -0.2) is 73.5 Å². The third kappa shape index (κ3) is 6.13. The molecular formula is C29H39N3O. The van der Waals surface area contributed by atoms with E-state index in [-0.39, 0.29) is 5.91 Å². The van der Waals surface area contributed by atoms with Crippen molar-refractivity contribution in [2.45, 2.75) is 38.1 Å². The number of carbonyl (C=O) groups is 1. The fraction of sp³-hybridized carbons (Fsp3) is 0.483. The number of rotatable bonds is 9. The van der Waals surface area contributed by atoms with Gasteiger partial charge >= 0.3 is 0 Å². The lowest BCUT2D eigenvalue weighted by atomic mass is 9.94. The van der Waals surface area contributed by atoms with E-state index in [1.165, 1.54) is 36.8 Å². The van der Waals surface area contributed by atoms with Crippen LogP contribution in [-0.2, 0) is 12.8 Å². The molecule has 0 N–H and O–H groups in total. The molecule has 2 aliphatic rings. The zero-order chi connectivity index (χ0) is 23.2. The first kappa shape index (κ1) is 23.7. The maximum absolute atomic E-state index is 13.4. The van der Waals surface area contributed by atoms with Crippen LogP contribution >= 0.6 is 0 Å². The Morgan fingerprint density at radius 2 is 1.64 bits per heavy atom. The third-order valence-electron chi connectivity index (χ3n) is 7.39. The molecule has 1 aliphatic carbocycles. The SMILES string of the molecule is C=Cc1ccc(C(=O)N(CCCN(C)C)CC2CCN(C3Cc4ccccc4C3)CC2)cc1. The van der Waals surface area contributed by atoms with E-state index in [0.717, 1.165) is 50.3 Å². The predicted molar refractivity (Wildman–Crippen MR) is 138 cm³/mol. The highest BCUT2D eigenvalue weighted by Gasteiger charge is 2.31.